The van der Waals surface area contributed by atoms with E-state index in [1.165, 1.54) is 24.5 Å². The van der Waals surface area contributed by atoms with E-state index in [2.05, 4.69) is 5.10 Å². The van der Waals surface area contributed by atoms with Crippen molar-refractivity contribution in [3.05, 3.63) is 36.4 Å². The van der Waals surface area contributed by atoms with Crippen LogP contribution in [0, 0.1) is 5.82 Å². The molecule has 0 bridgehead atoms. The van der Waals surface area contributed by atoms with Crippen LogP contribution in [0.2, 0.25) is 0 Å². The van der Waals surface area contributed by atoms with E-state index in [-0.39, 0.29) is 5.69 Å². The van der Waals surface area contributed by atoms with Gasteiger partial charge in [0.2, 0.25) is 0 Å². The molecule has 19 heavy (non-hydrogen) atoms. The quantitative estimate of drug-likeness (QED) is 0.872. The number of hydrogen-bond acceptors (Lipinski definition) is 4. The van der Waals surface area contributed by atoms with E-state index in [0.717, 1.165) is 4.09 Å². The van der Waals surface area contributed by atoms with Gasteiger partial charge in [-0.05, 0) is 37.6 Å². The SMILES string of the molecule is CC(C)S(=O)(=O)n1cc(-c2cc(N)cc(F)c2)cn1. The van der Waals surface area contributed by atoms with Crippen molar-refractivity contribution < 1.29 is 12.8 Å². The van der Waals surface area contributed by atoms with E-state index in [0.29, 0.717) is 11.1 Å². The first kappa shape index (κ1) is 13.5. The van der Waals surface area contributed by atoms with Crippen LogP contribution in [-0.4, -0.2) is 22.9 Å². The fourth-order valence-corrected chi connectivity index (χ4v) is 2.46. The Kier molecular flexibility index (Phi) is 3.32. The molecule has 1 aromatic carbocycles. The van der Waals surface area contributed by atoms with E-state index in [1.54, 1.807) is 19.9 Å². The van der Waals surface area contributed by atoms with Crippen LogP contribution in [0.25, 0.3) is 11.1 Å². The molecule has 0 spiro atoms. The molecule has 0 unspecified atom stereocenters. The first-order chi connectivity index (χ1) is 8.80. The minimum Gasteiger partial charge on any atom is -0.399 e. The van der Waals surface area contributed by atoms with Crippen LogP contribution < -0.4 is 5.73 Å². The maximum atomic E-state index is 13.3. The second kappa shape index (κ2) is 4.65. The zero-order chi connectivity index (χ0) is 14.2. The lowest BCUT2D eigenvalue weighted by atomic mass is 10.1. The van der Waals surface area contributed by atoms with Crippen LogP contribution in [0.4, 0.5) is 10.1 Å². The molecule has 0 radical (unpaired) electrons. The van der Waals surface area contributed by atoms with Gasteiger partial charge in [-0.2, -0.15) is 9.19 Å². The molecule has 1 heterocycles. The Morgan fingerprint density at radius 2 is 1.95 bits per heavy atom. The molecule has 0 fully saturated rings. The first-order valence-electron chi connectivity index (χ1n) is 5.66. The Hall–Kier alpha value is -1.89. The monoisotopic (exact) mass is 283 g/mol. The number of nitrogens with two attached hydrogens (primary N) is 1. The van der Waals surface area contributed by atoms with Crippen molar-refractivity contribution in [3.63, 3.8) is 0 Å². The highest BCUT2D eigenvalue weighted by molar-refractivity contribution is 7.90. The second-order valence-electron chi connectivity index (χ2n) is 4.47. The van der Waals surface area contributed by atoms with Gasteiger partial charge in [-0.15, -0.1) is 0 Å². The third-order valence-corrected chi connectivity index (χ3v) is 4.58. The van der Waals surface area contributed by atoms with Gasteiger partial charge in [0, 0.05) is 11.3 Å². The summed E-state index contributed by atoms with van der Waals surface area (Å²) in [6, 6.07) is 4.03. The van der Waals surface area contributed by atoms with Crippen molar-refractivity contribution in [2.75, 3.05) is 5.73 Å². The Morgan fingerprint density at radius 1 is 1.26 bits per heavy atom. The van der Waals surface area contributed by atoms with E-state index >= 15 is 0 Å². The predicted octanol–water partition coefficient (Wildman–Crippen LogP) is 1.86. The summed E-state index contributed by atoms with van der Waals surface area (Å²) in [4.78, 5) is 0. The van der Waals surface area contributed by atoms with Crippen LogP contribution in [0.5, 0.6) is 0 Å². The predicted molar refractivity (Wildman–Crippen MR) is 71.5 cm³/mol. The normalized spacial score (nSPS) is 12.0. The Bertz CT molecular complexity index is 687. The van der Waals surface area contributed by atoms with Gasteiger partial charge in [-0.25, -0.2) is 12.8 Å². The third kappa shape index (κ3) is 2.60. The van der Waals surface area contributed by atoms with Crippen molar-refractivity contribution >= 4 is 15.7 Å². The smallest absolute Gasteiger partial charge is 0.256 e. The Labute approximate surface area is 110 Å². The number of anilines is 1. The summed E-state index contributed by atoms with van der Waals surface area (Å²) in [7, 11) is -3.50. The number of aromatic nitrogens is 2. The fraction of sp³-hybridized carbons (Fsp3) is 0.250. The van der Waals surface area contributed by atoms with Crippen LogP contribution in [-0.2, 0) is 10.0 Å². The summed E-state index contributed by atoms with van der Waals surface area (Å²) in [5, 5.41) is 3.22. The lowest BCUT2D eigenvalue weighted by Gasteiger charge is -2.06. The number of benzene rings is 1. The number of nitrogens with zero attached hydrogens (tertiary/aromatic N) is 2. The summed E-state index contributed by atoms with van der Waals surface area (Å²) in [6.07, 6.45) is 2.72. The van der Waals surface area contributed by atoms with Crippen LogP contribution in [0.15, 0.2) is 30.6 Å². The Morgan fingerprint density at radius 3 is 2.53 bits per heavy atom. The lowest BCUT2D eigenvalue weighted by Crippen LogP contribution is -2.22. The highest BCUT2D eigenvalue weighted by Gasteiger charge is 2.19. The number of hydrogen-bond donors (Lipinski definition) is 1. The highest BCUT2D eigenvalue weighted by Crippen LogP contribution is 2.23. The highest BCUT2D eigenvalue weighted by atomic mass is 32.2. The zero-order valence-corrected chi connectivity index (χ0v) is 11.4. The molecule has 7 heteroatoms. The van der Waals surface area contributed by atoms with Gasteiger partial charge in [-0.3, -0.25) is 0 Å². The minimum atomic E-state index is -3.50. The minimum absolute atomic E-state index is 0.273. The van der Waals surface area contributed by atoms with Gasteiger partial charge in [0.25, 0.3) is 10.0 Å². The van der Waals surface area contributed by atoms with Gasteiger partial charge in [0.05, 0.1) is 17.6 Å². The summed E-state index contributed by atoms with van der Waals surface area (Å²) < 4.78 is 38.0. The fourth-order valence-electron chi connectivity index (χ4n) is 1.59. The summed E-state index contributed by atoms with van der Waals surface area (Å²) in [5.74, 6) is -0.477. The molecule has 2 N–H and O–H groups in total. The van der Waals surface area contributed by atoms with E-state index in [4.69, 9.17) is 5.73 Å². The topological polar surface area (TPSA) is 78.0 Å². The molecule has 1 aromatic heterocycles. The van der Waals surface area contributed by atoms with Gasteiger partial charge >= 0.3 is 0 Å². The number of nitrogen functional groups attached to an aromatic ring is 1. The van der Waals surface area contributed by atoms with Crippen molar-refractivity contribution in [1.29, 1.82) is 0 Å². The average molecular weight is 283 g/mol. The summed E-state index contributed by atoms with van der Waals surface area (Å²) >= 11 is 0. The van der Waals surface area contributed by atoms with Crippen LogP contribution >= 0.6 is 0 Å². The molecule has 0 aliphatic carbocycles. The number of rotatable bonds is 3. The third-order valence-electron chi connectivity index (χ3n) is 2.67. The van der Waals surface area contributed by atoms with Gasteiger partial charge in [0.15, 0.2) is 0 Å². The summed E-state index contributed by atoms with van der Waals surface area (Å²) in [5.41, 5.74) is 6.81. The van der Waals surface area contributed by atoms with Crippen molar-refractivity contribution in [2.24, 2.45) is 0 Å². The molecule has 0 saturated heterocycles. The van der Waals surface area contributed by atoms with Gasteiger partial charge in [-0.1, -0.05) is 0 Å². The average Bonchev–Trinajstić information content (AvgIpc) is 2.76. The summed E-state index contributed by atoms with van der Waals surface area (Å²) in [6.45, 7) is 3.13. The van der Waals surface area contributed by atoms with Crippen molar-refractivity contribution in [3.8, 4) is 11.1 Å². The molecule has 0 atom stereocenters. The van der Waals surface area contributed by atoms with Gasteiger partial charge < -0.3 is 5.73 Å². The van der Waals surface area contributed by atoms with Gasteiger partial charge in [0.1, 0.15) is 5.82 Å². The molecule has 0 aliphatic rings. The van der Waals surface area contributed by atoms with E-state index in [1.807, 2.05) is 0 Å². The molecule has 5 nitrogen and oxygen atoms in total. The standard InChI is InChI=1S/C12H14FN3O2S/c1-8(2)19(17,18)16-7-10(6-15-16)9-3-11(13)5-12(14)4-9/h3-8H,14H2,1-2H3. The molecule has 2 aromatic rings. The maximum absolute atomic E-state index is 13.3. The lowest BCUT2D eigenvalue weighted by molar-refractivity contribution is 0.571. The zero-order valence-electron chi connectivity index (χ0n) is 10.5. The van der Waals surface area contributed by atoms with Crippen LogP contribution in [0.1, 0.15) is 13.8 Å². The van der Waals surface area contributed by atoms with E-state index in [9.17, 15) is 12.8 Å². The molecule has 102 valence electrons. The molecule has 0 saturated carbocycles. The van der Waals surface area contributed by atoms with Crippen LogP contribution in [0.3, 0.4) is 0 Å². The first-order valence-corrected chi connectivity index (χ1v) is 7.16. The molecule has 0 aliphatic heterocycles. The molecular weight excluding hydrogens is 269 g/mol. The van der Waals surface area contributed by atoms with Crippen molar-refractivity contribution in [2.45, 2.75) is 19.1 Å². The van der Waals surface area contributed by atoms with E-state index < -0.39 is 21.1 Å². The maximum Gasteiger partial charge on any atom is 0.256 e. The second-order valence-corrected chi connectivity index (χ2v) is 6.82. The molecule has 0 amide bonds. The Balaban J connectivity index is 2.47. The molecule has 2 rings (SSSR count). The molecular formula is C12H14FN3O2S. The van der Waals surface area contributed by atoms with Crippen molar-refractivity contribution in [1.82, 2.24) is 9.19 Å². The largest absolute Gasteiger partial charge is 0.399 e. The number of halogens is 1.